The van der Waals surface area contributed by atoms with Crippen LogP contribution in [0.1, 0.15) is 30.4 Å². The van der Waals surface area contributed by atoms with Gasteiger partial charge in [-0.15, -0.1) is 0 Å². The van der Waals surface area contributed by atoms with Crippen LogP contribution in [0.15, 0.2) is 40.9 Å². The summed E-state index contributed by atoms with van der Waals surface area (Å²) in [6.45, 7) is 1.61. The number of carbonyl (C=O) groups excluding carboxylic acids is 2. The van der Waals surface area contributed by atoms with Gasteiger partial charge in [0.05, 0.1) is 16.6 Å². The molecule has 4 N–H and O–H groups in total. The number of aliphatic carboxylic acids is 1. The molecule has 10 heteroatoms. The van der Waals surface area contributed by atoms with Crippen molar-refractivity contribution >= 4 is 56.8 Å². The van der Waals surface area contributed by atoms with E-state index < -0.39 is 11.9 Å². The number of nitrogens with two attached hydrogens (primary N) is 1. The van der Waals surface area contributed by atoms with Crippen molar-refractivity contribution in [1.82, 2.24) is 9.80 Å². The first-order chi connectivity index (χ1) is 16.7. The number of carboxylic acids is 1. The van der Waals surface area contributed by atoms with E-state index in [9.17, 15) is 19.5 Å². The Morgan fingerprint density at radius 1 is 1.20 bits per heavy atom. The van der Waals surface area contributed by atoms with Crippen molar-refractivity contribution in [2.75, 3.05) is 30.7 Å². The van der Waals surface area contributed by atoms with Gasteiger partial charge in [0.15, 0.2) is 0 Å². The molecule has 2 aromatic rings. The molecular weight excluding hydrogens is 536 g/mol. The molecule has 0 saturated carbocycles. The molecule has 2 aromatic carbocycles. The molecule has 8 nitrogen and oxygen atoms in total. The first-order valence-corrected chi connectivity index (χ1v) is 12.8. The van der Waals surface area contributed by atoms with Crippen molar-refractivity contribution in [3.8, 4) is 0 Å². The number of rotatable bonds is 6. The number of amides is 3. The number of para-hydroxylation sites is 1. The number of carbonyl (C=O) groups is 3. The fourth-order valence-corrected chi connectivity index (χ4v) is 5.65. The van der Waals surface area contributed by atoms with Gasteiger partial charge >= 0.3 is 12.0 Å². The Labute approximate surface area is 217 Å². The van der Waals surface area contributed by atoms with E-state index in [0.717, 1.165) is 17.7 Å². The highest BCUT2D eigenvalue weighted by Crippen LogP contribution is 2.31. The third kappa shape index (κ3) is 5.90. The first kappa shape index (κ1) is 25.3. The Morgan fingerprint density at radius 3 is 2.60 bits per heavy atom. The van der Waals surface area contributed by atoms with Gasteiger partial charge in [0.2, 0.25) is 5.91 Å². The van der Waals surface area contributed by atoms with Gasteiger partial charge in [-0.1, -0.05) is 29.8 Å². The van der Waals surface area contributed by atoms with E-state index in [1.54, 1.807) is 17.0 Å². The molecule has 2 aliphatic rings. The number of benzene rings is 2. The zero-order valence-corrected chi connectivity index (χ0v) is 21.5. The van der Waals surface area contributed by atoms with Gasteiger partial charge in [-0.05, 0) is 70.9 Å². The molecule has 186 valence electrons. The summed E-state index contributed by atoms with van der Waals surface area (Å²) in [6.07, 6.45) is 2.17. The summed E-state index contributed by atoms with van der Waals surface area (Å²) in [4.78, 5) is 41.2. The number of hydrogen-bond acceptors (Lipinski definition) is 4. The van der Waals surface area contributed by atoms with E-state index in [1.807, 2.05) is 29.2 Å². The van der Waals surface area contributed by atoms with E-state index >= 15 is 0 Å². The highest BCUT2D eigenvalue weighted by Gasteiger charge is 2.32. The SMILES string of the molecule is Nc1c(Cl)cc(CC(CC(=O)N2CCC(N3CCc4ccccc4NC3=O)CC2)C(=O)O)cc1Br. The molecule has 0 aromatic heterocycles. The topological polar surface area (TPSA) is 116 Å². The van der Waals surface area contributed by atoms with Crippen LogP contribution in [-0.2, 0) is 22.4 Å². The number of piperidine rings is 1. The summed E-state index contributed by atoms with van der Waals surface area (Å²) >= 11 is 9.45. The van der Waals surface area contributed by atoms with Gasteiger partial charge in [-0.25, -0.2) is 4.79 Å². The molecule has 1 fully saturated rings. The molecule has 1 unspecified atom stereocenters. The number of hydrogen-bond donors (Lipinski definition) is 3. The maximum absolute atomic E-state index is 13.0. The van der Waals surface area contributed by atoms with Gasteiger partial charge in [-0.2, -0.15) is 0 Å². The Morgan fingerprint density at radius 2 is 1.91 bits per heavy atom. The van der Waals surface area contributed by atoms with Gasteiger partial charge in [0.1, 0.15) is 0 Å². The molecule has 0 bridgehead atoms. The molecule has 35 heavy (non-hydrogen) atoms. The van der Waals surface area contributed by atoms with Crippen LogP contribution in [-0.4, -0.2) is 58.5 Å². The summed E-state index contributed by atoms with van der Waals surface area (Å²) in [7, 11) is 0. The van der Waals surface area contributed by atoms with Crippen LogP contribution in [0.2, 0.25) is 5.02 Å². The lowest BCUT2D eigenvalue weighted by atomic mass is 9.94. The number of fused-ring (bicyclic) bond motifs is 1. The monoisotopic (exact) mass is 562 g/mol. The third-order valence-electron chi connectivity index (χ3n) is 6.79. The smallest absolute Gasteiger partial charge is 0.322 e. The lowest BCUT2D eigenvalue weighted by Crippen LogP contribution is -2.50. The van der Waals surface area contributed by atoms with Crippen molar-refractivity contribution < 1.29 is 19.5 Å². The zero-order chi connectivity index (χ0) is 25.1. The standard InChI is InChI=1S/C25H28BrClN4O4/c26-19-12-15(13-20(27)23(19)28)11-17(24(33)34)14-22(32)30-8-6-18(7-9-30)31-10-5-16-3-1-2-4-21(16)29-25(31)35/h1-4,12-13,17-18H,5-11,14,28H2,(H,29,35)(H,33,34). The summed E-state index contributed by atoms with van der Waals surface area (Å²) in [5, 5.41) is 13.1. The van der Waals surface area contributed by atoms with Crippen molar-refractivity contribution in [2.24, 2.45) is 5.92 Å². The number of nitrogens with zero attached hydrogens (tertiary/aromatic N) is 2. The largest absolute Gasteiger partial charge is 0.481 e. The maximum Gasteiger partial charge on any atom is 0.322 e. The van der Waals surface area contributed by atoms with E-state index in [-0.39, 0.29) is 30.8 Å². The Kier molecular flexibility index (Phi) is 7.86. The molecule has 0 radical (unpaired) electrons. The van der Waals surface area contributed by atoms with Crippen molar-refractivity contribution in [3.05, 3.63) is 57.0 Å². The Bertz CT molecular complexity index is 1110. The summed E-state index contributed by atoms with van der Waals surface area (Å²) < 4.78 is 0.596. The van der Waals surface area contributed by atoms with Crippen LogP contribution in [0.25, 0.3) is 0 Å². The molecule has 2 aliphatic heterocycles. The van der Waals surface area contributed by atoms with Crippen molar-refractivity contribution in [2.45, 2.75) is 38.1 Å². The van der Waals surface area contributed by atoms with Gasteiger partial charge < -0.3 is 26.0 Å². The van der Waals surface area contributed by atoms with Gasteiger partial charge in [0, 0.05) is 42.3 Å². The molecule has 4 rings (SSSR count). The molecule has 0 spiro atoms. The number of anilines is 2. The third-order valence-corrected chi connectivity index (χ3v) is 7.76. The molecule has 1 atom stereocenters. The molecule has 1 saturated heterocycles. The van der Waals surface area contributed by atoms with Gasteiger partial charge in [0.25, 0.3) is 0 Å². The van der Waals surface area contributed by atoms with Crippen molar-refractivity contribution in [1.29, 1.82) is 0 Å². The van der Waals surface area contributed by atoms with Crippen LogP contribution in [0, 0.1) is 5.92 Å². The summed E-state index contributed by atoms with van der Waals surface area (Å²) in [6, 6.07) is 11.1. The first-order valence-electron chi connectivity index (χ1n) is 11.6. The van der Waals surface area contributed by atoms with Crippen LogP contribution in [0.5, 0.6) is 0 Å². The zero-order valence-electron chi connectivity index (χ0n) is 19.2. The second kappa shape index (κ2) is 10.9. The van der Waals surface area contributed by atoms with E-state index in [4.69, 9.17) is 17.3 Å². The van der Waals surface area contributed by atoms with Crippen LogP contribution < -0.4 is 11.1 Å². The normalized spacial score (nSPS) is 17.4. The number of likely N-dealkylation sites (tertiary alicyclic amines) is 1. The number of urea groups is 1. The average molecular weight is 564 g/mol. The summed E-state index contributed by atoms with van der Waals surface area (Å²) in [5.74, 6) is -2.09. The van der Waals surface area contributed by atoms with Crippen LogP contribution in [0.3, 0.4) is 0 Å². The van der Waals surface area contributed by atoms with Crippen molar-refractivity contribution in [3.63, 3.8) is 0 Å². The molecule has 3 amide bonds. The highest BCUT2D eigenvalue weighted by molar-refractivity contribution is 9.10. The summed E-state index contributed by atoms with van der Waals surface area (Å²) in [5.41, 5.74) is 8.89. The minimum Gasteiger partial charge on any atom is -0.481 e. The quantitative estimate of drug-likeness (QED) is 0.451. The number of halogens is 2. The molecule has 2 heterocycles. The van der Waals surface area contributed by atoms with E-state index in [0.29, 0.717) is 53.2 Å². The predicted octanol–water partition coefficient (Wildman–Crippen LogP) is 4.40. The lowest BCUT2D eigenvalue weighted by Gasteiger charge is -2.38. The minimum atomic E-state index is -1.03. The lowest BCUT2D eigenvalue weighted by molar-refractivity contribution is -0.146. The second-order valence-corrected chi connectivity index (χ2v) is 10.3. The predicted molar refractivity (Wildman–Crippen MR) is 138 cm³/mol. The van der Waals surface area contributed by atoms with E-state index in [2.05, 4.69) is 21.2 Å². The maximum atomic E-state index is 13.0. The number of carboxylic acid groups (broad SMARTS) is 1. The van der Waals surface area contributed by atoms with Crippen LogP contribution >= 0.6 is 27.5 Å². The van der Waals surface area contributed by atoms with E-state index in [1.165, 1.54) is 0 Å². The fraction of sp³-hybridized carbons (Fsp3) is 0.400. The molecule has 0 aliphatic carbocycles. The van der Waals surface area contributed by atoms with Gasteiger partial charge in [-0.3, -0.25) is 9.59 Å². The van der Waals surface area contributed by atoms with Crippen LogP contribution in [0.4, 0.5) is 16.2 Å². The average Bonchev–Trinajstić information content (AvgIpc) is 3.00. The fourth-order valence-electron chi connectivity index (χ4n) is 4.79. The Hall–Kier alpha value is -2.78. The second-order valence-electron chi connectivity index (χ2n) is 9.06. The molecular formula is C25H28BrClN4O4. The number of nitrogen functional groups attached to an aromatic ring is 1. The number of nitrogens with one attached hydrogen (secondary N) is 1. The highest BCUT2D eigenvalue weighted by atomic mass is 79.9. The minimum absolute atomic E-state index is 0.0397. The Balaban J connectivity index is 1.33.